The predicted molar refractivity (Wildman–Crippen MR) is 83.4 cm³/mol. The zero-order valence-electron chi connectivity index (χ0n) is 14.4. The van der Waals surface area contributed by atoms with Crippen molar-refractivity contribution >= 4 is 11.9 Å². The molecule has 2 spiro atoms. The van der Waals surface area contributed by atoms with Gasteiger partial charge < -0.3 is 19.7 Å². The molecule has 136 valence electrons. The Morgan fingerprint density at radius 1 is 1.28 bits per heavy atom. The number of hydrogen-bond donors (Lipinski definition) is 2. The number of carboxylic acids is 1. The number of aliphatic hydroxyl groups excluding tert-OH is 1. The number of hydrogen-bond acceptors (Lipinski definition) is 5. The molecule has 0 aromatic carbocycles. The average molecular weight is 348 g/mol. The molecule has 25 heavy (non-hydrogen) atoms. The van der Waals surface area contributed by atoms with Gasteiger partial charge in [-0.1, -0.05) is 0 Å². The Bertz CT molecular complexity index is 715. The zero-order chi connectivity index (χ0) is 17.4. The normalized spacial score (nSPS) is 63.3. The highest BCUT2D eigenvalue weighted by Gasteiger charge is 2.85. The monoisotopic (exact) mass is 348 g/mol. The molecule has 2 saturated heterocycles. The molecular formula is C19H24O6. The van der Waals surface area contributed by atoms with Crippen LogP contribution in [-0.2, 0) is 19.1 Å². The van der Waals surface area contributed by atoms with Crippen LogP contribution in [0, 0.1) is 34.5 Å². The summed E-state index contributed by atoms with van der Waals surface area (Å²) in [5.41, 5.74) is -2.25. The van der Waals surface area contributed by atoms with Crippen LogP contribution in [0.1, 0.15) is 45.4 Å². The van der Waals surface area contributed by atoms with Gasteiger partial charge in [-0.15, -0.1) is 0 Å². The van der Waals surface area contributed by atoms with Crippen LogP contribution < -0.4 is 0 Å². The molecule has 4 saturated carbocycles. The van der Waals surface area contributed by atoms with Gasteiger partial charge in [-0.25, -0.2) is 0 Å². The molecule has 4 aliphatic carbocycles. The summed E-state index contributed by atoms with van der Waals surface area (Å²) >= 11 is 0. The molecule has 2 aliphatic heterocycles. The minimum absolute atomic E-state index is 0.0872. The van der Waals surface area contributed by atoms with Gasteiger partial charge in [0.2, 0.25) is 0 Å². The van der Waals surface area contributed by atoms with E-state index in [9.17, 15) is 19.8 Å². The van der Waals surface area contributed by atoms with E-state index < -0.39 is 34.9 Å². The number of aliphatic carboxylic acids is 1. The highest BCUT2D eigenvalue weighted by molar-refractivity contribution is 5.85. The summed E-state index contributed by atoms with van der Waals surface area (Å²) in [6.07, 6.45) is 3.89. The van der Waals surface area contributed by atoms with Crippen molar-refractivity contribution in [1.29, 1.82) is 0 Å². The first-order valence-corrected chi connectivity index (χ1v) is 9.58. The Hall–Kier alpha value is -1.14. The van der Waals surface area contributed by atoms with E-state index in [2.05, 4.69) is 0 Å². The largest absolute Gasteiger partial charge is 0.481 e. The molecule has 6 nitrogen and oxygen atoms in total. The number of carbonyl (C=O) groups is 2. The molecule has 9 atom stereocenters. The Balaban J connectivity index is 1.58. The summed E-state index contributed by atoms with van der Waals surface area (Å²) in [6, 6.07) is 0. The molecule has 2 N–H and O–H groups in total. The van der Waals surface area contributed by atoms with Gasteiger partial charge in [-0.05, 0) is 56.8 Å². The molecule has 0 amide bonds. The summed E-state index contributed by atoms with van der Waals surface area (Å²) in [7, 11) is 0. The molecule has 6 aliphatic rings. The van der Waals surface area contributed by atoms with E-state index in [0.717, 1.165) is 32.3 Å². The predicted octanol–water partition coefficient (Wildman–Crippen LogP) is 1.35. The number of carboxylic acid groups (broad SMARTS) is 1. The number of epoxide rings is 1. The van der Waals surface area contributed by atoms with Crippen molar-refractivity contribution in [3.8, 4) is 0 Å². The first kappa shape index (κ1) is 15.0. The standard InChI is InChI=1S/C19H24O6/c1-16-11(20)4-5-19(25-15(16)23)10-3-2-9-6-17(10,7-18(9)8-24-18)12(13(16)19)14(21)22/h9-13,20H,2-8H2,1H3,(H,21,22)/t9-,10+,11-,12+,13+,16?,17+,18-,19+/m0/s1. The fourth-order valence-corrected chi connectivity index (χ4v) is 8.32. The van der Waals surface area contributed by atoms with Crippen LogP contribution in [0.15, 0.2) is 0 Å². The van der Waals surface area contributed by atoms with Gasteiger partial charge in [0.05, 0.1) is 29.6 Å². The summed E-state index contributed by atoms with van der Waals surface area (Å²) in [6.45, 7) is 2.49. The van der Waals surface area contributed by atoms with E-state index >= 15 is 0 Å². The lowest BCUT2D eigenvalue weighted by Crippen LogP contribution is -2.53. The molecule has 2 heterocycles. The van der Waals surface area contributed by atoms with Crippen molar-refractivity contribution in [3.63, 3.8) is 0 Å². The third-order valence-corrected chi connectivity index (χ3v) is 9.22. The van der Waals surface area contributed by atoms with E-state index in [0.29, 0.717) is 18.8 Å². The molecule has 6 fully saturated rings. The third-order valence-electron chi connectivity index (χ3n) is 9.22. The van der Waals surface area contributed by atoms with Gasteiger partial charge in [0, 0.05) is 11.8 Å². The Morgan fingerprint density at radius 2 is 2.04 bits per heavy atom. The van der Waals surface area contributed by atoms with Gasteiger partial charge in [0.15, 0.2) is 0 Å². The minimum atomic E-state index is -1.09. The fourth-order valence-electron chi connectivity index (χ4n) is 8.32. The van der Waals surface area contributed by atoms with Crippen LogP contribution in [0.5, 0.6) is 0 Å². The van der Waals surface area contributed by atoms with E-state index in [-0.39, 0.29) is 22.9 Å². The second-order valence-electron chi connectivity index (χ2n) is 9.77. The second-order valence-corrected chi connectivity index (χ2v) is 9.77. The number of aliphatic hydroxyl groups is 1. The van der Waals surface area contributed by atoms with Crippen LogP contribution in [0.25, 0.3) is 0 Å². The highest BCUT2D eigenvalue weighted by Crippen LogP contribution is 2.79. The van der Waals surface area contributed by atoms with Gasteiger partial charge in [0.25, 0.3) is 0 Å². The second kappa shape index (κ2) is 3.91. The minimum Gasteiger partial charge on any atom is -0.481 e. The maximum atomic E-state index is 12.8. The maximum absolute atomic E-state index is 12.8. The Labute approximate surface area is 145 Å². The molecule has 0 aromatic rings. The fraction of sp³-hybridized carbons (Fsp3) is 0.895. The molecule has 1 unspecified atom stereocenters. The van der Waals surface area contributed by atoms with E-state index in [1.165, 1.54) is 0 Å². The summed E-state index contributed by atoms with van der Waals surface area (Å²) in [5.74, 6) is -1.74. The molecule has 6 heteroatoms. The van der Waals surface area contributed by atoms with Gasteiger partial charge >= 0.3 is 11.9 Å². The van der Waals surface area contributed by atoms with Crippen LogP contribution in [0.4, 0.5) is 0 Å². The van der Waals surface area contributed by atoms with Crippen molar-refractivity contribution < 1.29 is 29.3 Å². The van der Waals surface area contributed by atoms with Crippen LogP contribution in [0.2, 0.25) is 0 Å². The van der Waals surface area contributed by atoms with Crippen molar-refractivity contribution in [2.24, 2.45) is 34.5 Å². The van der Waals surface area contributed by atoms with Crippen LogP contribution >= 0.6 is 0 Å². The summed E-state index contributed by atoms with van der Waals surface area (Å²) in [4.78, 5) is 25.3. The van der Waals surface area contributed by atoms with Gasteiger partial charge in [0.1, 0.15) is 5.60 Å². The summed E-state index contributed by atoms with van der Waals surface area (Å²) < 4.78 is 11.9. The number of rotatable bonds is 1. The lowest BCUT2D eigenvalue weighted by Gasteiger charge is -2.44. The van der Waals surface area contributed by atoms with Crippen LogP contribution in [-0.4, -0.2) is 46.1 Å². The van der Waals surface area contributed by atoms with Crippen molar-refractivity contribution in [3.05, 3.63) is 0 Å². The van der Waals surface area contributed by atoms with Gasteiger partial charge in [-0.2, -0.15) is 0 Å². The highest BCUT2D eigenvalue weighted by atomic mass is 16.6. The smallest absolute Gasteiger partial charge is 0.315 e. The third kappa shape index (κ3) is 1.32. The lowest BCUT2D eigenvalue weighted by molar-refractivity contribution is -0.162. The SMILES string of the molecule is CC12C(=O)O[C@@]3(CC[C@@H]1O)[C@@H]2[C@H](C(=O)O)[C@@]12C[C@H](CC[C@H]13)[C@@]1(CO1)C2. The van der Waals surface area contributed by atoms with E-state index in [4.69, 9.17) is 9.47 Å². The Kier molecular flexibility index (Phi) is 2.34. The average Bonchev–Trinajstić information content (AvgIpc) is 3.18. The quantitative estimate of drug-likeness (QED) is 0.548. The molecule has 0 radical (unpaired) electrons. The first-order chi connectivity index (χ1) is 11.8. The number of ether oxygens (including phenoxy) is 2. The Morgan fingerprint density at radius 3 is 2.72 bits per heavy atom. The molecule has 6 rings (SSSR count). The molecule has 4 bridgehead atoms. The van der Waals surface area contributed by atoms with Crippen molar-refractivity contribution in [1.82, 2.24) is 0 Å². The number of esters is 1. The number of fused-ring (bicyclic) bond motifs is 2. The van der Waals surface area contributed by atoms with E-state index in [1.807, 2.05) is 0 Å². The van der Waals surface area contributed by atoms with Gasteiger partial charge in [-0.3, -0.25) is 9.59 Å². The maximum Gasteiger partial charge on any atom is 0.315 e. The van der Waals surface area contributed by atoms with Crippen molar-refractivity contribution in [2.75, 3.05) is 6.61 Å². The topological polar surface area (TPSA) is 96.4 Å². The number of carbonyl (C=O) groups excluding carboxylic acids is 1. The van der Waals surface area contributed by atoms with Crippen LogP contribution in [0.3, 0.4) is 0 Å². The van der Waals surface area contributed by atoms with Crippen molar-refractivity contribution in [2.45, 2.75) is 62.8 Å². The molecular weight excluding hydrogens is 324 g/mol. The summed E-state index contributed by atoms with van der Waals surface area (Å²) in [5, 5.41) is 20.9. The molecule has 0 aromatic heterocycles. The zero-order valence-corrected chi connectivity index (χ0v) is 14.4. The first-order valence-electron chi connectivity index (χ1n) is 9.58. The van der Waals surface area contributed by atoms with E-state index in [1.54, 1.807) is 6.92 Å². The lowest BCUT2D eigenvalue weighted by atomic mass is 9.59.